The van der Waals surface area contributed by atoms with Gasteiger partial charge in [-0.2, -0.15) is 0 Å². The van der Waals surface area contributed by atoms with Gasteiger partial charge in [-0.3, -0.25) is 0 Å². The van der Waals surface area contributed by atoms with Crippen LogP contribution >= 0.6 is 0 Å². The third-order valence-corrected chi connectivity index (χ3v) is 3.86. The minimum absolute atomic E-state index is 0. The van der Waals surface area contributed by atoms with E-state index < -0.39 is 5.97 Å². The first-order valence-electron chi connectivity index (χ1n) is 8.03. The number of hydrogen-bond donors (Lipinski definition) is 0. The van der Waals surface area contributed by atoms with Crippen LogP contribution in [0.2, 0.25) is 0 Å². The van der Waals surface area contributed by atoms with E-state index in [-0.39, 0.29) is 46.8 Å². The average Bonchev–Trinajstić information content (AvgIpc) is 2.10. The standard InChI is InChI=1S/C18H36O2.Na/c1-13(11-17(3,4)5)9-10-15(16(19)20)14(2)12-18(6,7)8;/h13-15H,9-12H2,1-8H3,(H,19,20);/q;+1/p-1. The summed E-state index contributed by atoms with van der Waals surface area (Å²) < 4.78 is 0. The van der Waals surface area contributed by atoms with Gasteiger partial charge in [0.1, 0.15) is 0 Å². The molecule has 0 amide bonds. The van der Waals surface area contributed by atoms with Gasteiger partial charge in [-0.05, 0) is 41.9 Å². The molecule has 0 aromatic heterocycles. The second kappa shape index (κ2) is 9.57. The average molecular weight is 306 g/mol. The Morgan fingerprint density at radius 3 is 1.67 bits per heavy atom. The van der Waals surface area contributed by atoms with Gasteiger partial charge in [0.05, 0.1) is 0 Å². The van der Waals surface area contributed by atoms with Crippen LogP contribution in [0.4, 0.5) is 0 Å². The van der Waals surface area contributed by atoms with Crippen LogP contribution in [0.25, 0.3) is 0 Å². The number of carboxylic acid groups (broad SMARTS) is 1. The molecule has 0 aliphatic rings. The summed E-state index contributed by atoms with van der Waals surface area (Å²) in [7, 11) is 0. The molecule has 0 saturated carbocycles. The van der Waals surface area contributed by atoms with Crippen LogP contribution in [0.5, 0.6) is 0 Å². The van der Waals surface area contributed by atoms with Crippen LogP contribution < -0.4 is 34.7 Å². The first-order chi connectivity index (χ1) is 8.82. The van der Waals surface area contributed by atoms with Crippen molar-refractivity contribution in [2.45, 2.75) is 81.1 Å². The number of rotatable bonds is 7. The molecule has 0 aliphatic heterocycles. The number of hydrogen-bond acceptors (Lipinski definition) is 2. The van der Waals surface area contributed by atoms with Crippen molar-refractivity contribution < 1.29 is 39.5 Å². The molecule has 0 radical (unpaired) electrons. The van der Waals surface area contributed by atoms with E-state index in [0.717, 1.165) is 25.7 Å². The molecule has 2 nitrogen and oxygen atoms in total. The summed E-state index contributed by atoms with van der Waals surface area (Å²) in [5, 5.41) is 11.4. The summed E-state index contributed by atoms with van der Waals surface area (Å²) in [6.45, 7) is 17.5. The van der Waals surface area contributed by atoms with E-state index in [1.165, 1.54) is 0 Å². The van der Waals surface area contributed by atoms with Crippen molar-refractivity contribution in [3.05, 3.63) is 0 Å². The molecule has 0 aliphatic carbocycles. The van der Waals surface area contributed by atoms with Crippen LogP contribution in [0.3, 0.4) is 0 Å². The maximum atomic E-state index is 11.4. The molecular formula is C18H35NaO2. The predicted octanol–water partition coefficient (Wildman–Crippen LogP) is 1.28. The zero-order valence-electron chi connectivity index (χ0n) is 15.9. The van der Waals surface area contributed by atoms with Crippen molar-refractivity contribution in [2.75, 3.05) is 0 Å². The smallest absolute Gasteiger partial charge is 0.550 e. The summed E-state index contributed by atoms with van der Waals surface area (Å²) in [5.41, 5.74) is 0.484. The van der Waals surface area contributed by atoms with Crippen LogP contribution in [0.1, 0.15) is 81.1 Å². The Balaban J connectivity index is 0. The Morgan fingerprint density at radius 2 is 1.33 bits per heavy atom. The van der Waals surface area contributed by atoms with E-state index in [1.54, 1.807) is 0 Å². The van der Waals surface area contributed by atoms with E-state index in [9.17, 15) is 9.90 Å². The number of carbonyl (C=O) groups is 1. The molecule has 3 heteroatoms. The van der Waals surface area contributed by atoms with Gasteiger partial charge in [0.25, 0.3) is 0 Å². The summed E-state index contributed by atoms with van der Waals surface area (Å²) in [4.78, 5) is 11.4. The topological polar surface area (TPSA) is 40.1 Å². The molecule has 3 atom stereocenters. The van der Waals surface area contributed by atoms with Crippen molar-refractivity contribution >= 4 is 5.97 Å². The molecular weight excluding hydrogens is 271 g/mol. The second-order valence-electron chi connectivity index (χ2n) is 9.11. The Labute approximate surface area is 154 Å². The minimum atomic E-state index is -0.871. The maximum absolute atomic E-state index is 11.4. The van der Waals surface area contributed by atoms with Crippen molar-refractivity contribution in [3.63, 3.8) is 0 Å². The summed E-state index contributed by atoms with van der Waals surface area (Å²) in [5.74, 6) is -0.429. The van der Waals surface area contributed by atoms with Crippen molar-refractivity contribution in [1.29, 1.82) is 0 Å². The maximum Gasteiger partial charge on any atom is 1.00 e. The fourth-order valence-corrected chi connectivity index (χ4v) is 3.35. The quantitative estimate of drug-likeness (QED) is 0.665. The molecule has 21 heavy (non-hydrogen) atoms. The Bertz CT molecular complexity index is 299. The SMILES string of the molecule is CC(CCC(C(=O)[O-])C(C)CC(C)(C)C)CC(C)(C)C.[Na+]. The zero-order valence-corrected chi connectivity index (χ0v) is 17.9. The van der Waals surface area contributed by atoms with E-state index >= 15 is 0 Å². The number of aliphatic carboxylic acids is 1. The minimum Gasteiger partial charge on any atom is -0.550 e. The molecule has 3 unspecified atom stereocenters. The van der Waals surface area contributed by atoms with Crippen molar-refractivity contribution in [1.82, 2.24) is 0 Å². The molecule has 0 fully saturated rings. The Morgan fingerprint density at radius 1 is 0.905 bits per heavy atom. The number of carbonyl (C=O) groups excluding carboxylic acids is 1. The summed E-state index contributed by atoms with van der Waals surface area (Å²) in [6, 6.07) is 0. The van der Waals surface area contributed by atoms with Crippen LogP contribution in [-0.2, 0) is 4.79 Å². The van der Waals surface area contributed by atoms with Crippen molar-refractivity contribution in [2.24, 2.45) is 28.6 Å². The second-order valence-corrected chi connectivity index (χ2v) is 9.11. The third-order valence-electron chi connectivity index (χ3n) is 3.86. The first-order valence-corrected chi connectivity index (χ1v) is 8.03. The molecule has 0 aromatic carbocycles. The van der Waals surface area contributed by atoms with Gasteiger partial charge in [-0.25, -0.2) is 0 Å². The largest absolute Gasteiger partial charge is 1.00 e. The van der Waals surface area contributed by atoms with Crippen LogP contribution in [0, 0.1) is 28.6 Å². The molecule has 0 saturated heterocycles. The van der Waals surface area contributed by atoms with Gasteiger partial charge >= 0.3 is 29.6 Å². The van der Waals surface area contributed by atoms with Gasteiger partial charge in [-0.15, -0.1) is 0 Å². The molecule has 120 valence electrons. The van der Waals surface area contributed by atoms with E-state index in [2.05, 4.69) is 55.4 Å². The van der Waals surface area contributed by atoms with Gasteiger partial charge in [-0.1, -0.05) is 61.8 Å². The molecule has 0 bridgehead atoms. The Hall–Kier alpha value is 0.470. The monoisotopic (exact) mass is 306 g/mol. The third kappa shape index (κ3) is 12.7. The molecule has 0 spiro atoms. The molecule has 0 aromatic rings. The molecule has 0 heterocycles. The normalized spacial score (nSPS) is 16.8. The fraction of sp³-hybridized carbons (Fsp3) is 0.944. The van der Waals surface area contributed by atoms with E-state index in [4.69, 9.17) is 0 Å². The first kappa shape index (κ1) is 23.7. The predicted molar refractivity (Wildman–Crippen MR) is 84.2 cm³/mol. The zero-order chi connectivity index (χ0) is 16.1. The van der Waals surface area contributed by atoms with Crippen LogP contribution in [-0.4, -0.2) is 5.97 Å². The Kier molecular flexibility index (Phi) is 10.8. The number of carboxylic acids is 1. The van der Waals surface area contributed by atoms with Crippen LogP contribution in [0.15, 0.2) is 0 Å². The van der Waals surface area contributed by atoms with Gasteiger partial charge in [0.15, 0.2) is 0 Å². The van der Waals surface area contributed by atoms with Gasteiger partial charge < -0.3 is 9.90 Å². The summed E-state index contributed by atoms with van der Waals surface area (Å²) in [6.07, 6.45) is 3.79. The molecule has 0 rings (SSSR count). The van der Waals surface area contributed by atoms with Crippen molar-refractivity contribution in [3.8, 4) is 0 Å². The van der Waals surface area contributed by atoms with E-state index in [0.29, 0.717) is 11.3 Å². The summed E-state index contributed by atoms with van der Waals surface area (Å²) >= 11 is 0. The van der Waals surface area contributed by atoms with Gasteiger partial charge in [0, 0.05) is 11.9 Å². The van der Waals surface area contributed by atoms with E-state index in [1.807, 2.05) is 0 Å². The fourth-order valence-electron chi connectivity index (χ4n) is 3.35. The van der Waals surface area contributed by atoms with Gasteiger partial charge in [0.2, 0.25) is 0 Å². The molecule has 0 N–H and O–H groups in total.